The number of aromatic amines is 1. The van der Waals surface area contributed by atoms with E-state index in [9.17, 15) is 9.90 Å². The number of H-pyrrole nitrogens is 1. The summed E-state index contributed by atoms with van der Waals surface area (Å²) in [7, 11) is 0. The molecule has 0 saturated heterocycles. The van der Waals surface area contributed by atoms with E-state index in [-0.39, 0.29) is 11.6 Å². The van der Waals surface area contributed by atoms with Gasteiger partial charge in [0.05, 0.1) is 6.54 Å². The van der Waals surface area contributed by atoms with Gasteiger partial charge in [0.2, 0.25) is 11.6 Å². The largest absolute Gasteiger partial charge is 0.504 e. The molecule has 4 N–H and O–H groups in total. The van der Waals surface area contributed by atoms with Crippen LogP contribution in [-0.2, 0) is 6.54 Å². The maximum Gasteiger partial charge on any atom is 0.239 e. The molecule has 0 fully saturated rings. The first-order valence-corrected chi connectivity index (χ1v) is 6.68. The molecule has 116 valence electrons. The Bertz CT molecular complexity index is 834. The van der Waals surface area contributed by atoms with Crippen LogP contribution in [0.1, 0.15) is 21.9 Å². The number of carbonyl (C=O) groups is 1. The smallest absolute Gasteiger partial charge is 0.239 e. The third kappa shape index (κ3) is 3.23. The van der Waals surface area contributed by atoms with E-state index in [4.69, 9.17) is 5.73 Å². The molecule has 1 aromatic carbocycles. The zero-order chi connectivity index (χ0) is 16.2. The predicted octanol–water partition coefficient (Wildman–Crippen LogP) is 0.808. The van der Waals surface area contributed by atoms with Gasteiger partial charge in [-0.1, -0.05) is 12.1 Å². The van der Waals surface area contributed by atoms with E-state index in [0.717, 1.165) is 11.6 Å². The van der Waals surface area contributed by atoms with Crippen LogP contribution in [0.25, 0.3) is 5.76 Å². The van der Waals surface area contributed by atoms with Crippen LogP contribution < -0.4 is 5.73 Å². The van der Waals surface area contributed by atoms with Crippen molar-refractivity contribution in [1.29, 1.82) is 0 Å². The molecule has 9 nitrogen and oxygen atoms in total. The van der Waals surface area contributed by atoms with Crippen LogP contribution in [0, 0.1) is 0 Å². The minimum absolute atomic E-state index is 0.0528. The van der Waals surface area contributed by atoms with Crippen LogP contribution in [0.15, 0.2) is 42.6 Å². The van der Waals surface area contributed by atoms with E-state index in [1.807, 2.05) is 12.1 Å². The van der Waals surface area contributed by atoms with E-state index < -0.39 is 5.78 Å². The molecule has 0 aliphatic carbocycles. The van der Waals surface area contributed by atoms with Crippen molar-refractivity contribution >= 4 is 17.2 Å². The van der Waals surface area contributed by atoms with Crippen LogP contribution >= 0.6 is 0 Å². The summed E-state index contributed by atoms with van der Waals surface area (Å²) in [4.78, 5) is 12.3. The highest BCUT2D eigenvalue weighted by Crippen LogP contribution is 2.11. The Balaban J connectivity index is 1.81. The highest BCUT2D eigenvalue weighted by molar-refractivity contribution is 6.06. The predicted molar refractivity (Wildman–Crippen MR) is 81.3 cm³/mol. The van der Waals surface area contributed by atoms with Gasteiger partial charge < -0.3 is 10.8 Å². The number of hydrogen-bond acceptors (Lipinski definition) is 7. The second-order valence-electron chi connectivity index (χ2n) is 4.74. The summed E-state index contributed by atoms with van der Waals surface area (Å²) < 4.78 is 1.54. The topological polar surface area (TPSA) is 136 Å². The molecule has 2 heterocycles. The number of benzene rings is 1. The highest BCUT2D eigenvalue weighted by atomic mass is 16.3. The van der Waals surface area contributed by atoms with E-state index in [2.05, 4.69) is 25.7 Å². The lowest BCUT2D eigenvalue weighted by atomic mass is 10.2. The molecular formula is C14H13N7O2. The molecule has 23 heavy (non-hydrogen) atoms. The summed E-state index contributed by atoms with van der Waals surface area (Å²) in [5, 5.41) is 26.6. The monoisotopic (exact) mass is 311 g/mol. The van der Waals surface area contributed by atoms with Gasteiger partial charge in [0.25, 0.3) is 0 Å². The number of aromatic nitrogens is 6. The maximum absolute atomic E-state index is 12.3. The second-order valence-corrected chi connectivity index (χ2v) is 4.74. The number of nitrogens with zero attached hydrogens (tertiary/aromatic N) is 5. The van der Waals surface area contributed by atoms with E-state index in [1.54, 1.807) is 18.2 Å². The van der Waals surface area contributed by atoms with Gasteiger partial charge in [-0.25, -0.2) is 0 Å². The number of ketones is 1. The Morgan fingerprint density at radius 1 is 1.30 bits per heavy atom. The standard InChI is InChI=1S/C14H13N7O2/c15-10-3-1-9(2-4-10)8-21-11(5-6-16-21)12(22)7-13(23)14-17-19-20-18-14/h1-7,23H,8,15H2,(H,17,18,19,20). The van der Waals surface area contributed by atoms with Crippen LogP contribution in [0.3, 0.4) is 0 Å². The van der Waals surface area contributed by atoms with Crippen molar-refractivity contribution in [2.45, 2.75) is 6.54 Å². The minimum atomic E-state index is -0.416. The molecule has 0 saturated carbocycles. The lowest BCUT2D eigenvalue weighted by Crippen LogP contribution is -2.10. The number of nitrogens with two attached hydrogens (primary N) is 1. The Labute approximate surface area is 130 Å². The van der Waals surface area contributed by atoms with E-state index in [0.29, 0.717) is 17.9 Å². The summed E-state index contributed by atoms with van der Waals surface area (Å²) >= 11 is 0. The highest BCUT2D eigenvalue weighted by Gasteiger charge is 2.13. The molecule has 0 unspecified atom stereocenters. The molecule has 0 aliphatic heterocycles. The van der Waals surface area contributed by atoms with Crippen molar-refractivity contribution in [1.82, 2.24) is 30.4 Å². The molecule has 2 aromatic heterocycles. The molecule has 0 spiro atoms. The fraction of sp³-hybridized carbons (Fsp3) is 0.0714. The average molecular weight is 311 g/mol. The van der Waals surface area contributed by atoms with Crippen molar-refractivity contribution in [3.05, 3.63) is 59.7 Å². The van der Waals surface area contributed by atoms with Gasteiger partial charge in [-0.3, -0.25) is 9.48 Å². The first kappa shape index (κ1) is 14.4. The number of nitrogens with one attached hydrogen (secondary N) is 1. The number of tetrazole rings is 1. The number of anilines is 1. The Morgan fingerprint density at radius 2 is 2.09 bits per heavy atom. The molecule has 0 atom stereocenters. The van der Waals surface area contributed by atoms with Crippen molar-refractivity contribution in [2.75, 3.05) is 5.73 Å². The van der Waals surface area contributed by atoms with Gasteiger partial charge in [-0.05, 0) is 29.0 Å². The van der Waals surface area contributed by atoms with Crippen LogP contribution in [-0.4, -0.2) is 41.3 Å². The van der Waals surface area contributed by atoms with Crippen molar-refractivity contribution in [3.8, 4) is 0 Å². The molecule has 0 aliphatic rings. The van der Waals surface area contributed by atoms with E-state index >= 15 is 0 Å². The minimum Gasteiger partial charge on any atom is -0.504 e. The summed E-state index contributed by atoms with van der Waals surface area (Å²) in [6.45, 7) is 0.408. The number of hydrogen-bond donors (Lipinski definition) is 3. The number of carbonyl (C=O) groups excluding carboxylic acids is 1. The lowest BCUT2D eigenvalue weighted by Gasteiger charge is -2.06. The fourth-order valence-electron chi connectivity index (χ4n) is 2.00. The number of aliphatic hydroxyl groups is 1. The lowest BCUT2D eigenvalue weighted by molar-refractivity contribution is 0.103. The second kappa shape index (κ2) is 6.10. The zero-order valence-corrected chi connectivity index (χ0v) is 11.9. The van der Waals surface area contributed by atoms with E-state index in [1.165, 1.54) is 10.9 Å². The molecular weight excluding hydrogens is 298 g/mol. The average Bonchev–Trinajstić information content (AvgIpc) is 3.20. The quantitative estimate of drug-likeness (QED) is 0.274. The summed E-state index contributed by atoms with van der Waals surface area (Å²) in [6, 6.07) is 8.85. The number of rotatable bonds is 5. The first-order valence-electron chi connectivity index (χ1n) is 6.68. The zero-order valence-electron chi connectivity index (χ0n) is 11.9. The Morgan fingerprint density at radius 3 is 2.78 bits per heavy atom. The first-order chi connectivity index (χ1) is 11.1. The Hall–Kier alpha value is -3.49. The van der Waals surface area contributed by atoms with Gasteiger partial charge in [0.1, 0.15) is 5.69 Å². The molecule has 3 aromatic rings. The van der Waals surface area contributed by atoms with Crippen LogP contribution in [0.2, 0.25) is 0 Å². The van der Waals surface area contributed by atoms with Gasteiger partial charge in [-0.15, -0.1) is 10.2 Å². The molecule has 9 heteroatoms. The third-order valence-corrected chi connectivity index (χ3v) is 3.12. The molecule has 0 radical (unpaired) electrons. The van der Waals surface area contributed by atoms with Crippen molar-refractivity contribution in [2.24, 2.45) is 0 Å². The van der Waals surface area contributed by atoms with Gasteiger partial charge >= 0.3 is 0 Å². The van der Waals surface area contributed by atoms with Gasteiger partial charge in [0, 0.05) is 18.0 Å². The van der Waals surface area contributed by atoms with Gasteiger partial charge in [-0.2, -0.15) is 10.3 Å². The van der Waals surface area contributed by atoms with Crippen LogP contribution in [0.5, 0.6) is 0 Å². The fourth-order valence-corrected chi connectivity index (χ4v) is 2.00. The third-order valence-electron chi connectivity index (χ3n) is 3.12. The normalized spacial score (nSPS) is 11.6. The van der Waals surface area contributed by atoms with Gasteiger partial charge in [0.15, 0.2) is 5.76 Å². The Kier molecular flexibility index (Phi) is 3.83. The molecule has 0 amide bonds. The van der Waals surface area contributed by atoms with Crippen molar-refractivity contribution in [3.63, 3.8) is 0 Å². The number of aliphatic hydroxyl groups excluding tert-OH is 1. The SMILES string of the molecule is Nc1ccc(Cn2nccc2C(=O)C=C(O)c2nn[nH]n2)cc1. The van der Waals surface area contributed by atoms with Crippen LogP contribution in [0.4, 0.5) is 5.69 Å². The van der Waals surface area contributed by atoms with Crippen molar-refractivity contribution < 1.29 is 9.90 Å². The summed E-state index contributed by atoms with van der Waals surface area (Å²) in [5.41, 5.74) is 7.59. The summed E-state index contributed by atoms with van der Waals surface area (Å²) in [5.74, 6) is -0.841. The maximum atomic E-state index is 12.3. The molecule has 0 bridgehead atoms. The number of allylic oxidation sites excluding steroid dienone is 1. The summed E-state index contributed by atoms with van der Waals surface area (Å²) in [6.07, 6.45) is 2.55. The number of nitrogen functional groups attached to an aromatic ring is 1. The molecule has 3 rings (SSSR count).